The predicted molar refractivity (Wildman–Crippen MR) is 101 cm³/mol. The number of carbonyl (C=O) groups is 1. The molecule has 0 bridgehead atoms. The Balaban J connectivity index is 6.71. The molecule has 8 heteroatoms. The van der Waals surface area contributed by atoms with E-state index in [0.717, 1.165) is 18.1 Å². The van der Waals surface area contributed by atoms with Gasteiger partial charge in [0.15, 0.2) is 4.37 Å². The molecule has 0 aromatic carbocycles. The molecule has 0 rings (SSSR count). The molecule has 5 nitrogen and oxygen atoms in total. The average Bonchev–Trinajstić information content (AvgIpc) is 2.51. The molecule has 2 N–H and O–H groups in total. The first-order chi connectivity index (χ1) is 10.5. The summed E-state index contributed by atoms with van der Waals surface area (Å²) in [5.41, 5.74) is 0. The van der Waals surface area contributed by atoms with Gasteiger partial charge in [-0.25, -0.2) is 0 Å². The van der Waals surface area contributed by atoms with Gasteiger partial charge in [-0.15, -0.1) is 0 Å². The molecule has 0 spiro atoms. The van der Waals surface area contributed by atoms with Crippen LogP contribution < -0.4 is 0 Å². The van der Waals surface area contributed by atoms with Gasteiger partial charge in [0.1, 0.15) is 0 Å². The number of hydrogen-bond donors (Lipinski definition) is 2. The van der Waals surface area contributed by atoms with Crippen molar-refractivity contribution < 1.29 is 22.9 Å². The Morgan fingerprint density at radius 2 is 1.22 bits per heavy atom. The zero-order valence-electron chi connectivity index (χ0n) is 15.5. The lowest BCUT2D eigenvalue weighted by Gasteiger charge is -2.47. The normalized spacial score (nSPS) is 16.1. The maximum absolute atomic E-state index is 12.5. The standard InChI is InChI=1S/C15H34O5SSi2/c1-7-22(8-2,9-3)13-15(14(16)17,21(18,19)20)23(10-4,11-5)12-6/h7-13H2,1-6H3,(H,16,17)(H,18,19,20). The molecule has 0 aliphatic rings. The Morgan fingerprint density at radius 3 is 1.39 bits per heavy atom. The van der Waals surface area contributed by atoms with E-state index >= 15 is 0 Å². The molecule has 0 amide bonds. The van der Waals surface area contributed by atoms with Crippen molar-refractivity contribution in [3.63, 3.8) is 0 Å². The van der Waals surface area contributed by atoms with E-state index in [0.29, 0.717) is 18.1 Å². The van der Waals surface area contributed by atoms with Crippen LogP contribution in [0.1, 0.15) is 41.5 Å². The first-order valence-corrected chi connectivity index (χ1v) is 15.6. The summed E-state index contributed by atoms with van der Waals surface area (Å²) in [7, 11) is -9.51. The van der Waals surface area contributed by atoms with Crippen LogP contribution in [-0.2, 0) is 14.9 Å². The molecule has 1 atom stereocenters. The number of aliphatic carboxylic acids is 1. The molecule has 138 valence electrons. The molecule has 0 heterocycles. The van der Waals surface area contributed by atoms with Crippen molar-refractivity contribution in [1.29, 1.82) is 0 Å². The Labute approximate surface area is 143 Å². The van der Waals surface area contributed by atoms with E-state index in [-0.39, 0.29) is 6.04 Å². The highest BCUT2D eigenvalue weighted by Crippen LogP contribution is 2.46. The molecular weight excluding hydrogens is 348 g/mol. The fraction of sp³-hybridized carbons (Fsp3) is 0.933. The molecule has 0 saturated carbocycles. The maximum Gasteiger partial charge on any atom is 0.324 e. The summed E-state index contributed by atoms with van der Waals surface area (Å²) in [5.74, 6) is -1.33. The fourth-order valence-electron chi connectivity index (χ4n) is 4.22. The number of hydrogen-bond acceptors (Lipinski definition) is 3. The van der Waals surface area contributed by atoms with Gasteiger partial charge in [0.05, 0.1) is 16.1 Å². The lowest BCUT2D eigenvalue weighted by molar-refractivity contribution is -0.137. The molecule has 23 heavy (non-hydrogen) atoms. The monoisotopic (exact) mass is 382 g/mol. The summed E-state index contributed by atoms with van der Waals surface area (Å²) in [6.07, 6.45) is 0. The summed E-state index contributed by atoms with van der Waals surface area (Å²) < 4.78 is 33.1. The van der Waals surface area contributed by atoms with Gasteiger partial charge in [0.2, 0.25) is 0 Å². The first kappa shape index (κ1) is 22.8. The molecule has 0 radical (unpaired) electrons. The molecule has 0 fully saturated rings. The third-order valence-corrected chi connectivity index (χ3v) is 22.4. The quantitative estimate of drug-likeness (QED) is 0.411. The molecule has 0 saturated heterocycles. The van der Waals surface area contributed by atoms with Crippen molar-refractivity contribution in [2.45, 2.75) is 88.2 Å². The van der Waals surface area contributed by atoms with Gasteiger partial charge in [0, 0.05) is 0 Å². The van der Waals surface area contributed by atoms with Gasteiger partial charge in [-0.05, 0) is 6.04 Å². The highest BCUT2D eigenvalue weighted by atomic mass is 32.2. The Morgan fingerprint density at radius 1 is 0.870 bits per heavy atom. The van der Waals surface area contributed by atoms with E-state index in [2.05, 4.69) is 0 Å². The molecule has 1 unspecified atom stereocenters. The van der Waals surface area contributed by atoms with Crippen LogP contribution >= 0.6 is 0 Å². The van der Waals surface area contributed by atoms with Crippen molar-refractivity contribution in [1.82, 2.24) is 0 Å². The van der Waals surface area contributed by atoms with E-state index in [1.165, 1.54) is 0 Å². The van der Waals surface area contributed by atoms with Crippen LogP contribution in [0, 0.1) is 0 Å². The summed E-state index contributed by atoms with van der Waals surface area (Å²) in [5, 5.41) is 10.1. The third-order valence-electron chi connectivity index (χ3n) is 6.55. The van der Waals surface area contributed by atoms with Gasteiger partial charge in [0.25, 0.3) is 10.1 Å². The topological polar surface area (TPSA) is 91.7 Å². The second-order valence-electron chi connectivity index (χ2n) is 6.69. The smallest absolute Gasteiger partial charge is 0.324 e. The van der Waals surface area contributed by atoms with Crippen LogP contribution in [0.5, 0.6) is 0 Å². The van der Waals surface area contributed by atoms with E-state index in [1.807, 2.05) is 41.5 Å². The lowest BCUT2D eigenvalue weighted by Crippen LogP contribution is -2.69. The van der Waals surface area contributed by atoms with Crippen LogP contribution in [0.15, 0.2) is 0 Å². The van der Waals surface area contributed by atoms with E-state index in [1.54, 1.807) is 0 Å². The fourth-order valence-corrected chi connectivity index (χ4v) is 19.3. The molecule has 0 aliphatic carbocycles. The number of rotatable bonds is 11. The van der Waals surface area contributed by atoms with Gasteiger partial charge >= 0.3 is 5.97 Å². The summed E-state index contributed by atoms with van der Waals surface area (Å²) in [6, 6.07) is 4.32. The summed E-state index contributed by atoms with van der Waals surface area (Å²) in [4.78, 5) is 12.3. The minimum atomic E-state index is -4.69. The van der Waals surface area contributed by atoms with Crippen molar-refractivity contribution >= 4 is 32.2 Å². The second-order valence-corrected chi connectivity index (χ2v) is 19.7. The summed E-state index contributed by atoms with van der Waals surface area (Å²) in [6.45, 7) is 11.7. The third kappa shape index (κ3) is 3.75. The second kappa shape index (κ2) is 8.27. The van der Waals surface area contributed by atoms with Crippen molar-refractivity contribution in [3.05, 3.63) is 0 Å². The van der Waals surface area contributed by atoms with Crippen LogP contribution in [0.3, 0.4) is 0 Å². The zero-order valence-corrected chi connectivity index (χ0v) is 18.3. The van der Waals surface area contributed by atoms with Gasteiger partial charge < -0.3 is 5.11 Å². The maximum atomic E-state index is 12.5. The van der Waals surface area contributed by atoms with Crippen LogP contribution in [0.4, 0.5) is 0 Å². The highest BCUT2D eigenvalue weighted by molar-refractivity contribution is 7.90. The van der Waals surface area contributed by atoms with Crippen LogP contribution in [0.2, 0.25) is 42.3 Å². The first-order valence-electron chi connectivity index (χ1n) is 8.72. The van der Waals surface area contributed by atoms with E-state index < -0.39 is 36.6 Å². The van der Waals surface area contributed by atoms with Crippen molar-refractivity contribution in [2.75, 3.05) is 0 Å². The van der Waals surface area contributed by atoms with E-state index in [4.69, 9.17) is 0 Å². The summed E-state index contributed by atoms with van der Waals surface area (Å²) >= 11 is 0. The number of carboxylic acids is 1. The Bertz CT molecular complexity index is 481. The SMILES string of the molecule is CC[Si](CC)(CC)CC(C(=O)O)([Si](CC)(CC)CC)S(=O)(=O)O. The van der Waals surface area contributed by atoms with Crippen molar-refractivity contribution in [2.24, 2.45) is 0 Å². The predicted octanol–water partition coefficient (Wildman–Crippen LogP) is 4.25. The minimum absolute atomic E-state index is 0.152. The van der Waals surface area contributed by atoms with Gasteiger partial charge in [-0.1, -0.05) is 77.8 Å². The highest BCUT2D eigenvalue weighted by Gasteiger charge is 2.65. The Kier molecular flexibility index (Phi) is 8.20. The lowest BCUT2D eigenvalue weighted by atomic mass is 10.5. The molecular formula is C15H34O5SSi2. The van der Waals surface area contributed by atoms with Crippen molar-refractivity contribution in [3.8, 4) is 0 Å². The number of carboxylic acid groups (broad SMARTS) is 1. The molecule has 0 aliphatic heterocycles. The zero-order chi connectivity index (χ0) is 18.5. The van der Waals surface area contributed by atoms with E-state index in [9.17, 15) is 22.9 Å². The average molecular weight is 383 g/mol. The minimum Gasteiger partial charge on any atom is -0.480 e. The van der Waals surface area contributed by atoms with Crippen LogP contribution in [-0.4, -0.2) is 44.6 Å². The van der Waals surface area contributed by atoms with Gasteiger partial charge in [-0.2, -0.15) is 8.42 Å². The molecule has 0 aromatic rings. The van der Waals surface area contributed by atoms with Crippen LogP contribution in [0.25, 0.3) is 0 Å². The largest absolute Gasteiger partial charge is 0.480 e. The Hall–Kier alpha value is -0.186. The van der Waals surface area contributed by atoms with Gasteiger partial charge in [-0.3, -0.25) is 9.35 Å². The molecule has 0 aromatic heterocycles.